The van der Waals surface area contributed by atoms with Gasteiger partial charge in [-0.25, -0.2) is 4.68 Å². The fourth-order valence-corrected chi connectivity index (χ4v) is 3.99. The van der Waals surface area contributed by atoms with Crippen molar-refractivity contribution in [3.05, 3.63) is 94.3 Å². The van der Waals surface area contributed by atoms with Crippen molar-refractivity contribution in [2.45, 2.75) is 12.4 Å². The minimum Gasteiger partial charge on any atom is -0.322 e. The Bertz CT molecular complexity index is 1740. The predicted octanol–water partition coefficient (Wildman–Crippen LogP) is 5.55. The van der Waals surface area contributed by atoms with Crippen LogP contribution in [0.4, 0.5) is 32.0 Å². The largest absolute Gasteiger partial charge is 0.434 e. The van der Waals surface area contributed by atoms with E-state index in [2.05, 4.69) is 15.1 Å². The van der Waals surface area contributed by atoms with Crippen molar-refractivity contribution >= 4 is 33.3 Å². The molecule has 0 atom stereocenters. The van der Waals surface area contributed by atoms with E-state index in [1.165, 1.54) is 24.3 Å². The molecule has 0 saturated carbocycles. The minimum absolute atomic E-state index is 0.0233. The highest BCUT2D eigenvalue weighted by Crippen LogP contribution is 2.37. The van der Waals surface area contributed by atoms with Gasteiger partial charge < -0.3 is 10.3 Å². The maximum Gasteiger partial charge on any atom is 0.434 e. The number of pyridine rings is 2. The quantitative estimate of drug-likeness (QED) is 0.242. The van der Waals surface area contributed by atoms with Crippen molar-refractivity contribution in [3.63, 3.8) is 0 Å². The van der Waals surface area contributed by atoms with E-state index < -0.39 is 46.5 Å². The fourth-order valence-electron chi connectivity index (χ4n) is 3.99. The smallest absolute Gasteiger partial charge is 0.322 e. The lowest BCUT2D eigenvalue weighted by molar-refractivity contribution is -0.143. The molecule has 37 heavy (non-hydrogen) atoms. The number of nitrogens with zero attached hydrogens (tertiary/aromatic N) is 3. The molecule has 13 heteroatoms. The molecule has 0 aliphatic rings. The molecule has 0 unspecified atom stereocenters. The number of nitrogens with one attached hydrogen (secondary N) is 2. The van der Waals surface area contributed by atoms with E-state index in [-0.39, 0.29) is 5.69 Å². The maximum atomic E-state index is 14.3. The average Bonchev–Trinajstić information content (AvgIpc) is 3.29. The number of rotatable bonds is 3. The molecular weight excluding hydrogens is 504 g/mol. The monoisotopic (exact) mass is 517 g/mol. The molecule has 0 fully saturated rings. The summed E-state index contributed by atoms with van der Waals surface area (Å²) in [4.78, 5) is 30.5. The summed E-state index contributed by atoms with van der Waals surface area (Å²) in [6.45, 7) is 0. The highest BCUT2D eigenvalue weighted by Gasteiger charge is 2.41. The van der Waals surface area contributed by atoms with Crippen LogP contribution in [0.3, 0.4) is 0 Å². The zero-order valence-electron chi connectivity index (χ0n) is 18.3. The Morgan fingerprint density at radius 2 is 1.65 bits per heavy atom. The van der Waals surface area contributed by atoms with Gasteiger partial charge in [-0.2, -0.15) is 31.4 Å². The summed E-state index contributed by atoms with van der Waals surface area (Å²) in [6.07, 6.45) is -8.42. The Morgan fingerprint density at radius 3 is 2.35 bits per heavy atom. The second-order valence-corrected chi connectivity index (χ2v) is 7.93. The molecular formula is C24H13F6N5O2. The summed E-state index contributed by atoms with van der Waals surface area (Å²) >= 11 is 0. The highest BCUT2D eigenvalue weighted by atomic mass is 19.4. The van der Waals surface area contributed by atoms with Gasteiger partial charge in [0.2, 0.25) is 5.56 Å². The van der Waals surface area contributed by atoms with Crippen LogP contribution in [0.5, 0.6) is 0 Å². The number of carbonyl (C=O) groups is 1. The molecule has 3 aromatic heterocycles. The summed E-state index contributed by atoms with van der Waals surface area (Å²) in [7, 11) is 0. The summed E-state index contributed by atoms with van der Waals surface area (Å²) in [5, 5.41) is 7.03. The number of aromatic amines is 1. The van der Waals surface area contributed by atoms with E-state index in [9.17, 15) is 35.9 Å². The van der Waals surface area contributed by atoms with Crippen molar-refractivity contribution in [1.29, 1.82) is 0 Å². The fraction of sp³-hybridized carbons (Fsp3) is 0.0833. The number of benzene rings is 2. The molecule has 1 amide bonds. The van der Waals surface area contributed by atoms with Crippen molar-refractivity contribution in [1.82, 2.24) is 19.7 Å². The van der Waals surface area contributed by atoms with Crippen LogP contribution in [0.1, 0.15) is 21.7 Å². The van der Waals surface area contributed by atoms with E-state index in [4.69, 9.17) is 0 Å². The summed E-state index contributed by atoms with van der Waals surface area (Å²) in [5.41, 5.74) is -4.06. The lowest BCUT2D eigenvalue weighted by atomic mass is 10.0. The van der Waals surface area contributed by atoms with E-state index in [0.29, 0.717) is 38.6 Å². The third-order valence-corrected chi connectivity index (χ3v) is 5.53. The first-order chi connectivity index (χ1) is 17.4. The van der Waals surface area contributed by atoms with Crippen LogP contribution in [0.15, 0.2) is 71.8 Å². The van der Waals surface area contributed by atoms with E-state index in [1.807, 2.05) is 5.32 Å². The van der Waals surface area contributed by atoms with Crippen molar-refractivity contribution in [2.75, 3.05) is 5.32 Å². The number of aromatic nitrogens is 4. The standard InChI is InChI=1S/C24H13F6N5O2/c25-23(26,27)18-10-13(7-8-31-18)33-22(37)16-11-32-35(21(16)24(28,29)30)17-9-12-5-6-19(36)34-20(12)15-4-2-1-3-14(15)17/h1-11H,(H,34,36)(H,31,33,37). The van der Waals surface area contributed by atoms with Gasteiger partial charge in [0.1, 0.15) is 5.69 Å². The summed E-state index contributed by atoms with van der Waals surface area (Å²) < 4.78 is 82.2. The third kappa shape index (κ3) is 4.39. The Kier molecular flexibility index (Phi) is 5.50. The number of fused-ring (bicyclic) bond motifs is 3. The van der Waals surface area contributed by atoms with Gasteiger partial charge in [-0.05, 0) is 24.3 Å². The maximum absolute atomic E-state index is 14.3. The van der Waals surface area contributed by atoms with Crippen LogP contribution in [0.2, 0.25) is 0 Å². The van der Waals surface area contributed by atoms with E-state index in [1.54, 1.807) is 18.2 Å². The lowest BCUT2D eigenvalue weighted by Gasteiger charge is -2.16. The van der Waals surface area contributed by atoms with Gasteiger partial charge in [0.15, 0.2) is 5.69 Å². The number of hydrogen-bond donors (Lipinski definition) is 2. The van der Waals surface area contributed by atoms with Crippen LogP contribution in [0, 0.1) is 0 Å². The minimum atomic E-state index is -5.07. The Hall–Kier alpha value is -4.68. The molecule has 0 spiro atoms. The number of carbonyl (C=O) groups excluding carboxylic acids is 1. The van der Waals surface area contributed by atoms with Crippen LogP contribution < -0.4 is 10.9 Å². The molecule has 188 valence electrons. The normalized spacial score (nSPS) is 12.3. The molecule has 5 rings (SSSR count). The van der Waals surface area contributed by atoms with Crippen LogP contribution in [-0.2, 0) is 12.4 Å². The van der Waals surface area contributed by atoms with Crippen LogP contribution >= 0.6 is 0 Å². The molecule has 3 heterocycles. The van der Waals surface area contributed by atoms with E-state index in [0.717, 1.165) is 12.3 Å². The second kappa shape index (κ2) is 8.47. The van der Waals surface area contributed by atoms with Crippen molar-refractivity contribution in [2.24, 2.45) is 0 Å². The summed E-state index contributed by atoms with van der Waals surface area (Å²) in [5.74, 6) is -1.31. The second-order valence-electron chi connectivity index (χ2n) is 7.93. The number of amides is 1. The molecule has 2 N–H and O–H groups in total. The number of halogens is 6. The molecule has 0 aliphatic heterocycles. The lowest BCUT2D eigenvalue weighted by Crippen LogP contribution is -2.21. The van der Waals surface area contributed by atoms with Gasteiger partial charge in [-0.1, -0.05) is 24.3 Å². The average molecular weight is 517 g/mol. The zero-order valence-corrected chi connectivity index (χ0v) is 18.3. The first-order valence-corrected chi connectivity index (χ1v) is 10.5. The third-order valence-electron chi connectivity index (χ3n) is 5.53. The van der Waals surface area contributed by atoms with Gasteiger partial charge in [0.05, 0.1) is 23.0 Å². The van der Waals surface area contributed by atoms with Gasteiger partial charge in [0, 0.05) is 34.1 Å². The molecule has 0 radical (unpaired) electrons. The number of anilines is 1. The molecule has 7 nitrogen and oxygen atoms in total. The molecule has 5 aromatic rings. The Balaban J connectivity index is 1.66. The van der Waals surface area contributed by atoms with Gasteiger partial charge >= 0.3 is 12.4 Å². The Labute approximate surface area is 202 Å². The van der Waals surface area contributed by atoms with Crippen molar-refractivity contribution in [3.8, 4) is 5.69 Å². The first-order valence-electron chi connectivity index (χ1n) is 10.5. The van der Waals surface area contributed by atoms with Crippen LogP contribution in [0.25, 0.3) is 27.4 Å². The molecule has 0 aliphatic carbocycles. The molecule has 2 aromatic carbocycles. The predicted molar refractivity (Wildman–Crippen MR) is 121 cm³/mol. The molecule has 0 saturated heterocycles. The number of hydrogen-bond acceptors (Lipinski definition) is 4. The first kappa shape index (κ1) is 24.0. The highest BCUT2D eigenvalue weighted by molar-refractivity contribution is 6.09. The van der Waals surface area contributed by atoms with Crippen LogP contribution in [-0.4, -0.2) is 25.7 Å². The van der Waals surface area contributed by atoms with Gasteiger partial charge in [-0.15, -0.1) is 0 Å². The topological polar surface area (TPSA) is 92.7 Å². The summed E-state index contributed by atoms with van der Waals surface area (Å²) in [6, 6.07) is 12.0. The number of alkyl halides is 6. The van der Waals surface area contributed by atoms with Gasteiger partial charge in [-0.3, -0.25) is 14.6 Å². The zero-order chi connectivity index (χ0) is 26.5. The number of H-pyrrole nitrogens is 1. The Morgan fingerprint density at radius 1 is 0.919 bits per heavy atom. The van der Waals surface area contributed by atoms with Crippen molar-refractivity contribution < 1.29 is 31.1 Å². The van der Waals surface area contributed by atoms with Gasteiger partial charge in [0.25, 0.3) is 5.91 Å². The molecule has 0 bridgehead atoms. The SMILES string of the molecule is O=C(Nc1ccnc(C(F)(F)F)c1)c1cnn(-c2cc3ccc(=O)[nH]c3c3ccccc23)c1C(F)(F)F. The van der Waals surface area contributed by atoms with E-state index >= 15 is 0 Å².